The van der Waals surface area contributed by atoms with Crippen LogP contribution in [0.4, 0.5) is 10.1 Å². The number of rotatable bonds is 5. The molecule has 160 valence electrons. The van der Waals surface area contributed by atoms with Crippen molar-refractivity contribution >= 4 is 17.5 Å². The molecule has 0 saturated carbocycles. The normalized spacial score (nSPS) is 24.9. The molecule has 0 radical (unpaired) electrons. The van der Waals surface area contributed by atoms with Crippen molar-refractivity contribution in [1.29, 1.82) is 0 Å². The van der Waals surface area contributed by atoms with E-state index in [0.717, 1.165) is 39.0 Å². The van der Waals surface area contributed by atoms with Gasteiger partial charge in [0.1, 0.15) is 5.82 Å². The fraction of sp³-hybridized carbons (Fsp3) is 0.636. The lowest BCUT2D eigenvalue weighted by Gasteiger charge is -2.44. The van der Waals surface area contributed by atoms with E-state index in [9.17, 15) is 14.0 Å². The van der Waals surface area contributed by atoms with E-state index in [2.05, 4.69) is 33.9 Å². The quantitative estimate of drug-likeness (QED) is 0.820. The molecule has 0 aromatic heterocycles. The highest BCUT2D eigenvalue weighted by Gasteiger charge is 2.35. The van der Waals surface area contributed by atoms with Crippen LogP contribution in [0.1, 0.15) is 40.0 Å². The Labute approximate surface area is 173 Å². The van der Waals surface area contributed by atoms with E-state index in [1.54, 1.807) is 12.1 Å². The Hall–Kier alpha value is -1.99. The average Bonchev–Trinajstić information content (AvgIpc) is 2.69. The van der Waals surface area contributed by atoms with Gasteiger partial charge in [-0.1, -0.05) is 0 Å². The van der Waals surface area contributed by atoms with Gasteiger partial charge in [-0.3, -0.25) is 19.4 Å². The maximum absolute atomic E-state index is 13.1. The van der Waals surface area contributed by atoms with Crippen LogP contribution >= 0.6 is 0 Å². The second-order valence-electron chi connectivity index (χ2n) is 8.42. The summed E-state index contributed by atoms with van der Waals surface area (Å²) in [5.41, 5.74) is 0.596. The highest BCUT2D eigenvalue weighted by Crippen LogP contribution is 2.24. The number of piperazine rings is 1. The molecule has 0 bridgehead atoms. The zero-order valence-electron chi connectivity index (χ0n) is 17.7. The summed E-state index contributed by atoms with van der Waals surface area (Å²) in [6.45, 7) is 9.65. The minimum atomic E-state index is -0.323. The molecule has 2 aliphatic heterocycles. The fourth-order valence-electron chi connectivity index (χ4n) is 4.47. The highest BCUT2D eigenvalue weighted by atomic mass is 19.1. The largest absolute Gasteiger partial charge is 0.336 e. The minimum Gasteiger partial charge on any atom is -0.336 e. The zero-order chi connectivity index (χ0) is 21.0. The number of halogens is 1. The Balaban J connectivity index is 1.46. The van der Waals surface area contributed by atoms with Crippen LogP contribution in [0.15, 0.2) is 24.3 Å². The number of hydrogen-bond acceptors (Lipinski definition) is 4. The van der Waals surface area contributed by atoms with Gasteiger partial charge >= 0.3 is 0 Å². The molecule has 2 saturated heterocycles. The standard InChI is InChI=1S/C22H33FN4O2/c1-16-5-4-6-17(2)27(16)22(29)18(3)26-13-11-25(12-14-26)15-21(28)24-20-9-7-19(23)8-10-20/h7-10,16-18H,4-6,11-15H2,1-3H3,(H,24,28)/t16-,17+,18-/m0/s1. The summed E-state index contributed by atoms with van der Waals surface area (Å²) >= 11 is 0. The number of likely N-dealkylation sites (tertiary alicyclic amines) is 1. The van der Waals surface area contributed by atoms with Crippen molar-refractivity contribution in [1.82, 2.24) is 14.7 Å². The SMILES string of the molecule is C[C@@H]1CCC[C@H](C)N1C(=O)[C@H](C)N1CCN(CC(=O)Nc2ccc(F)cc2)CC1. The summed E-state index contributed by atoms with van der Waals surface area (Å²) < 4.78 is 13.0. The number of anilines is 1. The lowest BCUT2D eigenvalue weighted by molar-refractivity contribution is -0.143. The van der Waals surface area contributed by atoms with Gasteiger partial charge in [0.2, 0.25) is 11.8 Å². The third kappa shape index (κ3) is 5.54. The van der Waals surface area contributed by atoms with Crippen molar-refractivity contribution in [2.24, 2.45) is 0 Å². The number of nitrogens with zero attached hydrogens (tertiary/aromatic N) is 3. The molecular formula is C22H33FN4O2. The molecule has 0 aliphatic carbocycles. The minimum absolute atomic E-state index is 0.106. The van der Waals surface area contributed by atoms with Gasteiger partial charge in [0, 0.05) is 44.0 Å². The predicted octanol–water partition coefficient (Wildman–Crippen LogP) is 2.56. The smallest absolute Gasteiger partial charge is 0.240 e. The van der Waals surface area contributed by atoms with Crippen LogP contribution in [0, 0.1) is 5.82 Å². The molecule has 1 N–H and O–H groups in total. The van der Waals surface area contributed by atoms with Gasteiger partial charge in [-0.2, -0.15) is 0 Å². The Morgan fingerprint density at radius 2 is 1.66 bits per heavy atom. The summed E-state index contributed by atoms with van der Waals surface area (Å²) in [4.78, 5) is 31.7. The molecule has 1 aromatic rings. The number of carbonyl (C=O) groups excluding carboxylic acids is 2. The van der Waals surface area contributed by atoms with Crippen LogP contribution in [-0.2, 0) is 9.59 Å². The Morgan fingerprint density at radius 1 is 1.07 bits per heavy atom. The number of hydrogen-bond donors (Lipinski definition) is 1. The second kappa shape index (κ2) is 9.67. The molecule has 7 heteroatoms. The van der Waals surface area contributed by atoms with Gasteiger partial charge in [0.05, 0.1) is 12.6 Å². The van der Waals surface area contributed by atoms with Gasteiger partial charge < -0.3 is 10.2 Å². The molecule has 1 aromatic carbocycles. The van der Waals surface area contributed by atoms with E-state index in [1.165, 1.54) is 18.6 Å². The molecule has 6 nitrogen and oxygen atoms in total. The monoisotopic (exact) mass is 404 g/mol. The van der Waals surface area contributed by atoms with Crippen LogP contribution in [0.5, 0.6) is 0 Å². The molecule has 2 heterocycles. The van der Waals surface area contributed by atoms with Crippen LogP contribution in [0.2, 0.25) is 0 Å². The van der Waals surface area contributed by atoms with E-state index in [0.29, 0.717) is 24.3 Å². The molecule has 3 atom stereocenters. The highest BCUT2D eigenvalue weighted by molar-refractivity contribution is 5.92. The molecule has 0 spiro atoms. The summed E-state index contributed by atoms with van der Waals surface area (Å²) in [5, 5.41) is 2.80. The first-order valence-corrected chi connectivity index (χ1v) is 10.7. The van der Waals surface area contributed by atoms with E-state index in [4.69, 9.17) is 0 Å². The van der Waals surface area contributed by atoms with Crippen molar-refractivity contribution in [2.75, 3.05) is 38.0 Å². The Morgan fingerprint density at radius 3 is 2.24 bits per heavy atom. The van der Waals surface area contributed by atoms with Gasteiger partial charge in [-0.15, -0.1) is 0 Å². The lowest BCUT2D eigenvalue weighted by Crippen LogP contribution is -2.58. The second-order valence-corrected chi connectivity index (χ2v) is 8.42. The van der Waals surface area contributed by atoms with Crippen LogP contribution in [0.3, 0.4) is 0 Å². The first kappa shape index (κ1) is 21.7. The maximum atomic E-state index is 13.1. The molecule has 0 unspecified atom stereocenters. The van der Waals surface area contributed by atoms with Crippen molar-refractivity contribution in [3.63, 3.8) is 0 Å². The van der Waals surface area contributed by atoms with E-state index >= 15 is 0 Å². The number of piperidine rings is 1. The summed E-state index contributed by atoms with van der Waals surface area (Å²) in [6.07, 6.45) is 3.36. The van der Waals surface area contributed by atoms with Crippen molar-refractivity contribution < 1.29 is 14.0 Å². The summed E-state index contributed by atoms with van der Waals surface area (Å²) in [5.74, 6) is -0.200. The molecule has 2 fully saturated rings. The van der Waals surface area contributed by atoms with Gasteiger partial charge in [0.25, 0.3) is 0 Å². The van der Waals surface area contributed by atoms with Crippen molar-refractivity contribution in [3.05, 3.63) is 30.1 Å². The van der Waals surface area contributed by atoms with Crippen molar-refractivity contribution in [2.45, 2.75) is 58.2 Å². The lowest BCUT2D eigenvalue weighted by atomic mass is 9.96. The third-order valence-electron chi connectivity index (χ3n) is 6.26. The molecule has 2 amide bonds. The molecule has 2 aliphatic rings. The summed E-state index contributed by atoms with van der Waals surface area (Å²) in [7, 11) is 0. The van der Waals surface area contributed by atoms with Crippen molar-refractivity contribution in [3.8, 4) is 0 Å². The van der Waals surface area contributed by atoms with Crippen LogP contribution in [-0.4, -0.2) is 77.4 Å². The molecule has 29 heavy (non-hydrogen) atoms. The average molecular weight is 405 g/mol. The number of amides is 2. The van der Waals surface area contributed by atoms with E-state index < -0.39 is 0 Å². The van der Waals surface area contributed by atoms with Gasteiger partial charge in [0.15, 0.2) is 0 Å². The van der Waals surface area contributed by atoms with E-state index in [-0.39, 0.29) is 23.7 Å². The first-order chi connectivity index (χ1) is 13.8. The van der Waals surface area contributed by atoms with Crippen LogP contribution in [0.25, 0.3) is 0 Å². The third-order valence-corrected chi connectivity index (χ3v) is 6.26. The fourth-order valence-corrected chi connectivity index (χ4v) is 4.47. The molecule has 3 rings (SSSR count). The predicted molar refractivity (Wildman–Crippen MR) is 112 cm³/mol. The van der Waals surface area contributed by atoms with Crippen LogP contribution < -0.4 is 5.32 Å². The number of carbonyl (C=O) groups is 2. The topological polar surface area (TPSA) is 55.9 Å². The maximum Gasteiger partial charge on any atom is 0.240 e. The molecular weight excluding hydrogens is 371 g/mol. The Bertz CT molecular complexity index is 693. The first-order valence-electron chi connectivity index (χ1n) is 10.7. The number of nitrogens with one attached hydrogen (secondary N) is 1. The summed E-state index contributed by atoms with van der Waals surface area (Å²) in [6, 6.07) is 6.26. The van der Waals surface area contributed by atoms with Gasteiger partial charge in [-0.05, 0) is 64.3 Å². The zero-order valence-corrected chi connectivity index (χ0v) is 17.7. The van der Waals surface area contributed by atoms with Gasteiger partial charge in [-0.25, -0.2) is 4.39 Å². The Kier molecular flexibility index (Phi) is 7.24. The van der Waals surface area contributed by atoms with E-state index in [1.807, 2.05) is 6.92 Å². The number of benzene rings is 1.